The number of fused-ring (bicyclic) bond motifs is 1. The molecule has 3 aliphatic heterocycles. The molecule has 2 aromatic rings. The number of anilines is 2. The molecule has 158 valence electrons. The number of aryl methyl sites for hydroxylation is 1. The Bertz CT molecular complexity index is 1090. The molecule has 5 rings (SSSR count). The van der Waals surface area contributed by atoms with Crippen LogP contribution in [0.1, 0.15) is 11.3 Å². The summed E-state index contributed by atoms with van der Waals surface area (Å²) >= 11 is 0. The molecule has 0 aliphatic carbocycles. The molecule has 0 saturated carbocycles. The van der Waals surface area contributed by atoms with Crippen LogP contribution in [0.4, 0.5) is 11.8 Å². The van der Waals surface area contributed by atoms with Gasteiger partial charge >= 0.3 is 0 Å². The first-order valence-corrected chi connectivity index (χ1v) is 11.6. The Balaban J connectivity index is 1.33. The minimum atomic E-state index is -3.60. The number of benzene rings is 1. The lowest BCUT2D eigenvalue weighted by molar-refractivity contribution is 0.122. The van der Waals surface area contributed by atoms with E-state index in [0.29, 0.717) is 42.6 Å². The summed E-state index contributed by atoms with van der Waals surface area (Å²) in [6.45, 7) is 7.79. The Morgan fingerprint density at radius 1 is 0.900 bits per heavy atom. The average Bonchev–Trinajstić information content (AvgIpc) is 3.05. The largest absolute Gasteiger partial charge is 0.378 e. The standard InChI is InChI=1S/C20H24N6O3S/c1-15-14-18(22-20(21-15)26-10-12-29-13-11-26)24-6-8-25(9-7-24)19-16-4-2-3-5-17(16)30(27,28)23-19/h2-5,14H,6-13H2,1H3. The molecule has 0 N–H and O–H groups in total. The van der Waals surface area contributed by atoms with Crippen LogP contribution in [0, 0.1) is 6.92 Å². The number of nitrogens with zero attached hydrogens (tertiary/aromatic N) is 6. The lowest BCUT2D eigenvalue weighted by Crippen LogP contribution is -2.49. The van der Waals surface area contributed by atoms with Crippen molar-refractivity contribution >= 4 is 27.6 Å². The number of rotatable bonds is 2. The van der Waals surface area contributed by atoms with Gasteiger partial charge in [0.25, 0.3) is 10.0 Å². The third-order valence-electron chi connectivity index (χ3n) is 5.64. The van der Waals surface area contributed by atoms with Crippen molar-refractivity contribution in [2.24, 2.45) is 4.40 Å². The van der Waals surface area contributed by atoms with Crippen LogP contribution in [0.3, 0.4) is 0 Å². The molecule has 1 aromatic heterocycles. The van der Waals surface area contributed by atoms with Crippen molar-refractivity contribution in [1.82, 2.24) is 14.9 Å². The van der Waals surface area contributed by atoms with Crippen molar-refractivity contribution in [3.8, 4) is 0 Å². The lowest BCUT2D eigenvalue weighted by Gasteiger charge is -2.37. The van der Waals surface area contributed by atoms with E-state index < -0.39 is 10.0 Å². The predicted molar refractivity (Wildman–Crippen MR) is 114 cm³/mol. The first kappa shape index (κ1) is 19.3. The number of hydrogen-bond acceptors (Lipinski definition) is 8. The van der Waals surface area contributed by atoms with E-state index in [9.17, 15) is 8.42 Å². The van der Waals surface area contributed by atoms with Crippen LogP contribution < -0.4 is 9.80 Å². The van der Waals surface area contributed by atoms with E-state index in [2.05, 4.69) is 24.1 Å². The number of morpholine rings is 1. The van der Waals surface area contributed by atoms with E-state index in [1.165, 1.54) is 0 Å². The third-order valence-corrected chi connectivity index (χ3v) is 6.96. The van der Waals surface area contributed by atoms with Crippen LogP contribution in [0.5, 0.6) is 0 Å². The molecule has 30 heavy (non-hydrogen) atoms. The molecule has 0 bridgehead atoms. The molecule has 3 aliphatic rings. The number of amidine groups is 1. The zero-order chi connectivity index (χ0) is 20.7. The maximum Gasteiger partial charge on any atom is 0.285 e. The summed E-state index contributed by atoms with van der Waals surface area (Å²) in [5.74, 6) is 2.21. The Kier molecular flexibility index (Phi) is 4.82. The van der Waals surface area contributed by atoms with Gasteiger partial charge in [-0.05, 0) is 19.1 Å². The van der Waals surface area contributed by atoms with Crippen molar-refractivity contribution in [2.75, 3.05) is 62.3 Å². The van der Waals surface area contributed by atoms with Gasteiger partial charge in [0.15, 0.2) is 5.84 Å². The normalized spacial score (nSPS) is 20.8. The number of piperazine rings is 1. The maximum atomic E-state index is 12.4. The maximum absolute atomic E-state index is 12.4. The summed E-state index contributed by atoms with van der Waals surface area (Å²) in [4.78, 5) is 16.1. The quantitative estimate of drug-likeness (QED) is 0.697. The summed E-state index contributed by atoms with van der Waals surface area (Å²) in [5, 5.41) is 0. The molecule has 0 spiro atoms. The SMILES string of the molecule is Cc1cc(N2CCN(C3=NS(=O)(=O)c4ccccc43)CC2)nc(N2CCOCC2)n1. The Morgan fingerprint density at radius 2 is 1.60 bits per heavy atom. The number of aromatic nitrogens is 2. The fraction of sp³-hybridized carbons (Fsp3) is 0.450. The van der Waals surface area contributed by atoms with Crippen molar-refractivity contribution in [3.05, 3.63) is 41.6 Å². The minimum Gasteiger partial charge on any atom is -0.378 e. The van der Waals surface area contributed by atoms with Gasteiger partial charge < -0.3 is 19.4 Å². The lowest BCUT2D eigenvalue weighted by atomic mass is 10.1. The molecule has 0 radical (unpaired) electrons. The second-order valence-electron chi connectivity index (χ2n) is 7.63. The molecule has 4 heterocycles. The van der Waals surface area contributed by atoms with Crippen LogP contribution in [-0.4, -0.2) is 81.6 Å². The van der Waals surface area contributed by atoms with Gasteiger partial charge in [0.05, 0.1) is 13.2 Å². The smallest absolute Gasteiger partial charge is 0.285 e. The molecular weight excluding hydrogens is 404 g/mol. The molecule has 2 fully saturated rings. The Labute approximate surface area is 176 Å². The van der Waals surface area contributed by atoms with Gasteiger partial charge in [0.1, 0.15) is 10.7 Å². The Hall–Kier alpha value is -2.72. The van der Waals surface area contributed by atoms with Crippen molar-refractivity contribution in [1.29, 1.82) is 0 Å². The summed E-state index contributed by atoms with van der Waals surface area (Å²) in [6, 6.07) is 9.03. The molecule has 1 aromatic carbocycles. The van der Waals surface area contributed by atoms with Gasteiger partial charge in [-0.15, -0.1) is 4.40 Å². The van der Waals surface area contributed by atoms with Crippen LogP contribution in [0.2, 0.25) is 0 Å². The number of sulfonamides is 1. The van der Waals surface area contributed by atoms with Gasteiger partial charge in [-0.25, -0.2) is 4.98 Å². The van der Waals surface area contributed by atoms with Crippen molar-refractivity contribution in [2.45, 2.75) is 11.8 Å². The highest BCUT2D eigenvalue weighted by Gasteiger charge is 2.33. The second-order valence-corrected chi connectivity index (χ2v) is 9.20. The molecule has 2 saturated heterocycles. The van der Waals surface area contributed by atoms with Gasteiger partial charge in [-0.2, -0.15) is 13.4 Å². The third kappa shape index (κ3) is 3.50. The highest BCUT2D eigenvalue weighted by Crippen LogP contribution is 2.28. The zero-order valence-electron chi connectivity index (χ0n) is 16.9. The summed E-state index contributed by atoms with van der Waals surface area (Å²) < 4.78 is 34.2. The highest BCUT2D eigenvalue weighted by molar-refractivity contribution is 7.90. The molecule has 9 nitrogen and oxygen atoms in total. The van der Waals surface area contributed by atoms with Crippen molar-refractivity contribution in [3.63, 3.8) is 0 Å². The van der Waals surface area contributed by atoms with E-state index in [1.54, 1.807) is 12.1 Å². The highest BCUT2D eigenvalue weighted by atomic mass is 32.2. The fourth-order valence-corrected chi connectivity index (χ4v) is 5.29. The summed E-state index contributed by atoms with van der Waals surface area (Å²) in [7, 11) is -3.60. The fourth-order valence-electron chi connectivity index (χ4n) is 4.07. The molecule has 10 heteroatoms. The average molecular weight is 429 g/mol. The zero-order valence-corrected chi connectivity index (χ0v) is 17.7. The molecule has 0 atom stereocenters. The van der Waals surface area contributed by atoms with E-state index in [1.807, 2.05) is 25.1 Å². The first-order chi connectivity index (χ1) is 14.5. The molecule has 0 unspecified atom stereocenters. The van der Waals surface area contributed by atoms with Gasteiger partial charge in [0, 0.05) is 56.6 Å². The second kappa shape index (κ2) is 7.51. The van der Waals surface area contributed by atoms with Crippen molar-refractivity contribution < 1.29 is 13.2 Å². The molecular formula is C20H24N6O3S. The van der Waals surface area contributed by atoms with Crippen LogP contribution in [-0.2, 0) is 14.8 Å². The van der Waals surface area contributed by atoms with Crippen LogP contribution >= 0.6 is 0 Å². The minimum absolute atomic E-state index is 0.295. The monoisotopic (exact) mass is 428 g/mol. The molecule has 0 amide bonds. The van der Waals surface area contributed by atoms with Crippen LogP contribution in [0.25, 0.3) is 0 Å². The summed E-state index contributed by atoms with van der Waals surface area (Å²) in [5.41, 5.74) is 1.63. The van der Waals surface area contributed by atoms with E-state index in [4.69, 9.17) is 9.72 Å². The van der Waals surface area contributed by atoms with Gasteiger partial charge in [0.2, 0.25) is 5.95 Å². The first-order valence-electron chi connectivity index (χ1n) is 10.1. The number of hydrogen-bond donors (Lipinski definition) is 0. The number of ether oxygens (including phenoxy) is 1. The van der Waals surface area contributed by atoms with Crippen LogP contribution in [0.15, 0.2) is 39.6 Å². The van der Waals surface area contributed by atoms with Gasteiger partial charge in [-0.1, -0.05) is 12.1 Å². The predicted octanol–water partition coefficient (Wildman–Crippen LogP) is 0.893. The topological polar surface area (TPSA) is 91.2 Å². The van der Waals surface area contributed by atoms with E-state index >= 15 is 0 Å². The van der Waals surface area contributed by atoms with Gasteiger partial charge in [-0.3, -0.25) is 0 Å². The van der Waals surface area contributed by atoms with E-state index in [0.717, 1.165) is 43.6 Å². The summed E-state index contributed by atoms with van der Waals surface area (Å²) in [6.07, 6.45) is 0. The Morgan fingerprint density at radius 3 is 2.37 bits per heavy atom. The van der Waals surface area contributed by atoms with E-state index in [-0.39, 0.29) is 0 Å².